The molecule has 1 saturated heterocycles. The molecule has 2 rings (SSSR count). The third-order valence-corrected chi connectivity index (χ3v) is 4.21. The zero-order valence-electron chi connectivity index (χ0n) is 12.6. The van der Waals surface area contributed by atoms with Crippen LogP contribution in [0.5, 0.6) is 0 Å². The van der Waals surface area contributed by atoms with Gasteiger partial charge in [0, 0.05) is 43.9 Å². The molecular weight excluding hydrogens is 290 g/mol. The summed E-state index contributed by atoms with van der Waals surface area (Å²) in [6.45, 7) is 7.16. The Balaban J connectivity index is 1.47. The Kier molecular flexibility index (Phi) is 8.23. The van der Waals surface area contributed by atoms with Crippen LogP contribution in [0.1, 0.15) is 0 Å². The first-order chi connectivity index (χ1) is 10.4. The lowest BCUT2D eigenvalue weighted by atomic mass is 10.4. The lowest BCUT2D eigenvalue weighted by Crippen LogP contribution is -2.43. The van der Waals surface area contributed by atoms with E-state index in [2.05, 4.69) is 15.8 Å². The highest BCUT2D eigenvalue weighted by molar-refractivity contribution is 7.99. The Morgan fingerprint density at radius 3 is 2.67 bits per heavy atom. The van der Waals surface area contributed by atoms with Gasteiger partial charge in [-0.3, -0.25) is 4.90 Å². The summed E-state index contributed by atoms with van der Waals surface area (Å²) in [4.78, 5) is 2.48. The Bertz CT molecular complexity index is 313. The summed E-state index contributed by atoms with van der Waals surface area (Å²) in [5.74, 6) is 2.48. The summed E-state index contributed by atoms with van der Waals surface area (Å²) < 4.78 is 10.7. The van der Waals surface area contributed by atoms with Crippen molar-refractivity contribution >= 4 is 11.8 Å². The summed E-state index contributed by atoms with van der Waals surface area (Å²) in [6, 6.07) is 0. The van der Waals surface area contributed by atoms with Crippen LogP contribution in [0, 0.1) is 0 Å². The Hall–Kier alpha value is -0.510. The first-order valence-electron chi connectivity index (χ1n) is 7.53. The topological polar surface area (TPSA) is 75.0 Å². The van der Waals surface area contributed by atoms with E-state index in [1.54, 1.807) is 0 Å². The molecule has 0 radical (unpaired) electrons. The lowest BCUT2D eigenvalue weighted by molar-refractivity contribution is 0.0322. The van der Waals surface area contributed by atoms with Gasteiger partial charge in [-0.2, -0.15) is 11.8 Å². The third-order valence-electron chi connectivity index (χ3n) is 3.26. The van der Waals surface area contributed by atoms with E-state index in [-0.39, 0.29) is 0 Å². The highest BCUT2D eigenvalue weighted by atomic mass is 32.2. The molecule has 21 heavy (non-hydrogen) atoms. The van der Waals surface area contributed by atoms with Gasteiger partial charge >= 0.3 is 0 Å². The van der Waals surface area contributed by atoms with Crippen molar-refractivity contribution in [2.24, 2.45) is 5.73 Å². The number of nitrogens with two attached hydrogens (primary N) is 1. The normalized spacial score (nSPS) is 20.1. The molecule has 0 bridgehead atoms. The Morgan fingerprint density at radius 1 is 1.14 bits per heavy atom. The molecular formula is C13H27N5O2S. The van der Waals surface area contributed by atoms with Crippen molar-refractivity contribution in [3.63, 3.8) is 0 Å². The van der Waals surface area contributed by atoms with Gasteiger partial charge in [0.1, 0.15) is 0 Å². The smallest absolute Gasteiger partial charge is 0.0701 e. The van der Waals surface area contributed by atoms with Crippen LogP contribution in [0.25, 0.3) is 0 Å². The second-order valence-corrected chi connectivity index (χ2v) is 6.19. The van der Waals surface area contributed by atoms with Crippen molar-refractivity contribution in [2.75, 3.05) is 70.7 Å². The molecule has 0 unspecified atom stereocenters. The van der Waals surface area contributed by atoms with E-state index >= 15 is 0 Å². The Labute approximate surface area is 131 Å². The molecule has 0 atom stereocenters. The maximum atomic E-state index is 5.50. The zero-order valence-corrected chi connectivity index (χ0v) is 13.4. The fraction of sp³-hybridized carbons (Fsp3) is 0.846. The average molecular weight is 317 g/mol. The number of hydrazine groups is 2. The number of ether oxygens (including phenoxy) is 2. The molecule has 1 fully saturated rings. The molecule has 2 aliphatic rings. The predicted octanol–water partition coefficient (Wildman–Crippen LogP) is -0.807. The van der Waals surface area contributed by atoms with Gasteiger partial charge in [-0.1, -0.05) is 0 Å². The van der Waals surface area contributed by atoms with Crippen LogP contribution in [0.4, 0.5) is 0 Å². The van der Waals surface area contributed by atoms with Crippen LogP contribution in [-0.2, 0) is 9.47 Å². The summed E-state index contributed by atoms with van der Waals surface area (Å²) in [7, 11) is 0. The SMILES string of the molecule is NCCOCCOCCN1NC=C(CN2CCSCC2)N1. The van der Waals surface area contributed by atoms with E-state index in [4.69, 9.17) is 15.2 Å². The molecule has 0 aromatic rings. The van der Waals surface area contributed by atoms with Gasteiger partial charge in [-0.05, 0) is 0 Å². The second kappa shape index (κ2) is 10.3. The number of nitrogens with zero attached hydrogens (tertiary/aromatic N) is 2. The van der Waals surface area contributed by atoms with E-state index in [1.807, 2.05) is 23.1 Å². The summed E-state index contributed by atoms with van der Waals surface area (Å²) in [6.07, 6.45) is 2.03. The van der Waals surface area contributed by atoms with Gasteiger partial charge in [-0.15, -0.1) is 5.12 Å². The fourth-order valence-corrected chi connectivity index (χ4v) is 3.14. The van der Waals surface area contributed by atoms with Crippen LogP contribution >= 0.6 is 11.8 Å². The molecule has 0 aromatic heterocycles. The minimum absolute atomic E-state index is 0.561. The largest absolute Gasteiger partial charge is 0.378 e. The van der Waals surface area contributed by atoms with Crippen molar-refractivity contribution in [3.05, 3.63) is 11.9 Å². The summed E-state index contributed by atoms with van der Waals surface area (Å²) in [5.41, 5.74) is 13.1. The van der Waals surface area contributed by atoms with E-state index in [0.29, 0.717) is 33.0 Å². The molecule has 0 saturated carbocycles. The molecule has 2 heterocycles. The molecule has 0 spiro atoms. The number of hydrogen-bond donors (Lipinski definition) is 3. The van der Waals surface area contributed by atoms with Crippen LogP contribution < -0.4 is 16.6 Å². The number of nitrogens with one attached hydrogen (secondary N) is 2. The fourth-order valence-electron chi connectivity index (χ4n) is 2.16. The van der Waals surface area contributed by atoms with Crippen LogP contribution in [-0.4, -0.2) is 80.7 Å². The predicted molar refractivity (Wildman–Crippen MR) is 85.5 cm³/mol. The average Bonchev–Trinajstić information content (AvgIpc) is 2.95. The van der Waals surface area contributed by atoms with Gasteiger partial charge < -0.3 is 26.1 Å². The van der Waals surface area contributed by atoms with Gasteiger partial charge in [0.2, 0.25) is 0 Å². The molecule has 4 N–H and O–H groups in total. The van der Waals surface area contributed by atoms with Crippen LogP contribution in [0.15, 0.2) is 11.9 Å². The molecule has 122 valence electrons. The quantitative estimate of drug-likeness (QED) is 0.452. The number of hydrogen-bond acceptors (Lipinski definition) is 8. The zero-order chi connectivity index (χ0) is 14.8. The summed E-state index contributed by atoms with van der Waals surface area (Å²) >= 11 is 2.04. The monoisotopic (exact) mass is 317 g/mol. The lowest BCUT2D eigenvalue weighted by Gasteiger charge is -2.27. The second-order valence-electron chi connectivity index (χ2n) is 4.96. The first-order valence-corrected chi connectivity index (χ1v) is 8.69. The summed E-state index contributed by atoms with van der Waals surface area (Å²) in [5, 5.41) is 1.95. The van der Waals surface area contributed by atoms with Crippen molar-refractivity contribution in [1.82, 2.24) is 20.9 Å². The molecule has 0 aliphatic carbocycles. The van der Waals surface area contributed by atoms with Crippen molar-refractivity contribution in [1.29, 1.82) is 0 Å². The van der Waals surface area contributed by atoms with Crippen LogP contribution in [0.3, 0.4) is 0 Å². The highest BCUT2D eigenvalue weighted by Gasteiger charge is 2.16. The molecule has 8 heteroatoms. The maximum Gasteiger partial charge on any atom is 0.0701 e. The van der Waals surface area contributed by atoms with Crippen molar-refractivity contribution < 1.29 is 9.47 Å². The van der Waals surface area contributed by atoms with Gasteiger partial charge in [-0.25, -0.2) is 0 Å². The molecule has 0 aromatic carbocycles. The van der Waals surface area contributed by atoms with E-state index in [9.17, 15) is 0 Å². The van der Waals surface area contributed by atoms with Gasteiger partial charge in [0.25, 0.3) is 0 Å². The highest BCUT2D eigenvalue weighted by Crippen LogP contribution is 2.10. The molecule has 2 aliphatic heterocycles. The minimum atomic E-state index is 0.561. The first kappa shape index (κ1) is 16.9. The number of rotatable bonds is 10. The van der Waals surface area contributed by atoms with E-state index in [0.717, 1.165) is 13.1 Å². The van der Waals surface area contributed by atoms with E-state index in [1.165, 1.54) is 30.3 Å². The standard InChI is InChI=1S/C13H27N5O2S/c14-1-5-19-7-8-20-6-2-18-15-11-13(16-18)12-17-3-9-21-10-4-17/h11,15-16H,1-10,12,14H2. The van der Waals surface area contributed by atoms with E-state index < -0.39 is 0 Å². The minimum Gasteiger partial charge on any atom is -0.378 e. The van der Waals surface area contributed by atoms with Crippen LogP contribution in [0.2, 0.25) is 0 Å². The Morgan fingerprint density at radius 2 is 1.90 bits per heavy atom. The molecule has 7 nitrogen and oxygen atoms in total. The van der Waals surface area contributed by atoms with Gasteiger partial charge in [0.15, 0.2) is 0 Å². The van der Waals surface area contributed by atoms with Gasteiger partial charge in [0.05, 0.1) is 38.7 Å². The van der Waals surface area contributed by atoms with Crippen molar-refractivity contribution in [2.45, 2.75) is 0 Å². The number of thioether (sulfide) groups is 1. The molecule has 0 amide bonds. The maximum absolute atomic E-state index is 5.50. The van der Waals surface area contributed by atoms with Crippen molar-refractivity contribution in [3.8, 4) is 0 Å². The third kappa shape index (κ3) is 6.86.